The maximum absolute atomic E-state index is 11.8. The van der Waals surface area contributed by atoms with Crippen LogP contribution in [0.15, 0.2) is 42.5 Å². The molecule has 0 aromatic heterocycles. The summed E-state index contributed by atoms with van der Waals surface area (Å²) in [7, 11) is 0. The van der Waals surface area contributed by atoms with Gasteiger partial charge in [0.1, 0.15) is 0 Å². The molecule has 2 aromatic carbocycles. The zero-order valence-corrected chi connectivity index (χ0v) is 11.4. The second kappa shape index (κ2) is 5.33. The summed E-state index contributed by atoms with van der Waals surface area (Å²) in [5.74, 6) is -0.259. The van der Waals surface area contributed by atoms with Gasteiger partial charge in [-0.25, -0.2) is 4.79 Å². The van der Waals surface area contributed by atoms with Gasteiger partial charge in [0.25, 0.3) is 0 Å². The van der Waals surface area contributed by atoms with Gasteiger partial charge in [-0.1, -0.05) is 42.5 Å². The zero-order valence-electron chi connectivity index (χ0n) is 11.4. The van der Waals surface area contributed by atoms with Crippen molar-refractivity contribution < 1.29 is 9.53 Å². The third-order valence-corrected chi connectivity index (χ3v) is 3.54. The van der Waals surface area contributed by atoms with E-state index < -0.39 is 0 Å². The molecule has 0 N–H and O–H groups in total. The molecule has 1 aliphatic carbocycles. The van der Waals surface area contributed by atoms with Gasteiger partial charge >= 0.3 is 5.97 Å². The Morgan fingerprint density at radius 1 is 1.05 bits per heavy atom. The molecule has 0 saturated heterocycles. The molecule has 1 aliphatic rings. The van der Waals surface area contributed by atoms with Gasteiger partial charge < -0.3 is 4.74 Å². The van der Waals surface area contributed by atoms with Crippen LogP contribution >= 0.6 is 0 Å². The zero-order chi connectivity index (χ0) is 13.9. The van der Waals surface area contributed by atoms with Gasteiger partial charge in [0.15, 0.2) is 0 Å². The third-order valence-electron chi connectivity index (χ3n) is 3.54. The topological polar surface area (TPSA) is 26.3 Å². The first-order valence-corrected chi connectivity index (χ1v) is 6.84. The molecule has 2 heteroatoms. The van der Waals surface area contributed by atoms with Crippen LogP contribution < -0.4 is 0 Å². The predicted octanol–water partition coefficient (Wildman–Crippen LogP) is 3.94. The van der Waals surface area contributed by atoms with E-state index in [-0.39, 0.29) is 5.97 Å². The molecule has 0 unspecified atom stereocenters. The first kappa shape index (κ1) is 12.7. The Kier molecular flexibility index (Phi) is 3.38. The highest BCUT2D eigenvalue weighted by Gasteiger charge is 2.12. The number of fused-ring (bicyclic) bond motifs is 2. The largest absolute Gasteiger partial charge is 0.462 e. The summed E-state index contributed by atoms with van der Waals surface area (Å²) in [5, 5.41) is 0. The minimum Gasteiger partial charge on any atom is -0.462 e. The molecular formula is C18H16O2. The summed E-state index contributed by atoms with van der Waals surface area (Å²) in [4.78, 5) is 11.8. The van der Waals surface area contributed by atoms with Crippen LogP contribution in [0.25, 0.3) is 12.2 Å². The van der Waals surface area contributed by atoms with Crippen molar-refractivity contribution in [2.75, 3.05) is 6.61 Å². The van der Waals surface area contributed by atoms with E-state index in [4.69, 9.17) is 4.74 Å². The third kappa shape index (κ3) is 2.37. The average Bonchev–Trinajstić information content (AvgIpc) is 2.65. The lowest BCUT2D eigenvalue weighted by Crippen LogP contribution is -2.05. The number of hydrogen-bond donors (Lipinski definition) is 0. The summed E-state index contributed by atoms with van der Waals surface area (Å²) < 4.78 is 5.05. The van der Waals surface area contributed by atoms with Crippen LogP contribution in [0, 0.1) is 0 Å². The molecule has 0 atom stereocenters. The van der Waals surface area contributed by atoms with Gasteiger partial charge in [-0.05, 0) is 47.7 Å². The van der Waals surface area contributed by atoms with Crippen LogP contribution in [0.1, 0.15) is 39.5 Å². The Morgan fingerprint density at radius 3 is 2.65 bits per heavy atom. The summed E-state index contributed by atoms with van der Waals surface area (Å²) in [6.45, 7) is 2.22. The van der Waals surface area contributed by atoms with Gasteiger partial charge in [-0.15, -0.1) is 0 Å². The molecular weight excluding hydrogens is 248 g/mol. The minimum absolute atomic E-state index is 0.259. The van der Waals surface area contributed by atoms with Crippen LogP contribution in [0.4, 0.5) is 0 Å². The molecule has 0 radical (unpaired) electrons. The van der Waals surface area contributed by atoms with Gasteiger partial charge in [0, 0.05) is 0 Å². The lowest BCUT2D eigenvalue weighted by Gasteiger charge is -2.08. The number of hydrogen-bond acceptors (Lipinski definition) is 2. The van der Waals surface area contributed by atoms with Crippen molar-refractivity contribution in [3.8, 4) is 0 Å². The van der Waals surface area contributed by atoms with Crippen LogP contribution in [-0.2, 0) is 11.2 Å². The summed E-state index contributed by atoms with van der Waals surface area (Å²) in [6.07, 6.45) is 5.07. The van der Waals surface area contributed by atoms with Crippen LogP contribution in [0.3, 0.4) is 0 Å². The molecule has 0 heterocycles. The normalized spacial score (nSPS) is 12.2. The fraction of sp³-hybridized carbons (Fsp3) is 0.167. The quantitative estimate of drug-likeness (QED) is 0.655. The molecule has 0 aliphatic heterocycles. The average molecular weight is 264 g/mol. The fourth-order valence-corrected chi connectivity index (χ4v) is 2.49. The number of carbonyl (C=O) groups excluding carboxylic acids is 1. The molecule has 0 amide bonds. The van der Waals surface area contributed by atoms with Crippen molar-refractivity contribution in [1.82, 2.24) is 0 Å². The highest BCUT2D eigenvalue weighted by molar-refractivity contribution is 5.91. The SMILES string of the molecule is CCOC(=O)c1ccc2c(c1)C=Cc1ccccc1C2. The van der Waals surface area contributed by atoms with E-state index in [2.05, 4.69) is 30.4 Å². The van der Waals surface area contributed by atoms with Gasteiger partial charge in [0.2, 0.25) is 0 Å². The molecule has 0 spiro atoms. The second-order valence-electron chi connectivity index (χ2n) is 4.84. The first-order valence-electron chi connectivity index (χ1n) is 6.84. The Hall–Kier alpha value is -2.35. The van der Waals surface area contributed by atoms with E-state index in [0.29, 0.717) is 12.2 Å². The summed E-state index contributed by atoms with van der Waals surface area (Å²) in [5.41, 5.74) is 5.49. The molecule has 0 fully saturated rings. The van der Waals surface area contributed by atoms with Crippen molar-refractivity contribution in [2.24, 2.45) is 0 Å². The molecule has 0 saturated carbocycles. The van der Waals surface area contributed by atoms with Crippen molar-refractivity contribution in [2.45, 2.75) is 13.3 Å². The van der Waals surface area contributed by atoms with Crippen molar-refractivity contribution in [3.05, 3.63) is 70.3 Å². The number of benzene rings is 2. The summed E-state index contributed by atoms with van der Waals surface area (Å²) >= 11 is 0. The lowest BCUT2D eigenvalue weighted by atomic mass is 9.98. The second-order valence-corrected chi connectivity index (χ2v) is 4.84. The number of ether oxygens (including phenoxy) is 1. The Balaban J connectivity index is 1.99. The van der Waals surface area contributed by atoms with E-state index in [1.54, 1.807) is 0 Å². The lowest BCUT2D eigenvalue weighted by molar-refractivity contribution is 0.0526. The summed E-state index contributed by atoms with van der Waals surface area (Å²) in [6, 6.07) is 14.1. The van der Waals surface area contributed by atoms with E-state index >= 15 is 0 Å². The maximum atomic E-state index is 11.8. The van der Waals surface area contributed by atoms with E-state index in [0.717, 1.165) is 12.0 Å². The molecule has 3 rings (SSSR count). The van der Waals surface area contributed by atoms with E-state index in [1.807, 2.05) is 31.2 Å². The molecule has 20 heavy (non-hydrogen) atoms. The van der Waals surface area contributed by atoms with Crippen LogP contribution in [0.5, 0.6) is 0 Å². The monoisotopic (exact) mass is 264 g/mol. The molecule has 2 nitrogen and oxygen atoms in total. The van der Waals surface area contributed by atoms with Gasteiger partial charge in [-0.3, -0.25) is 0 Å². The van der Waals surface area contributed by atoms with Crippen molar-refractivity contribution >= 4 is 18.1 Å². The molecule has 100 valence electrons. The number of carbonyl (C=O) groups is 1. The van der Waals surface area contributed by atoms with Crippen molar-refractivity contribution in [3.63, 3.8) is 0 Å². The Morgan fingerprint density at radius 2 is 1.80 bits per heavy atom. The van der Waals surface area contributed by atoms with Gasteiger partial charge in [-0.2, -0.15) is 0 Å². The smallest absolute Gasteiger partial charge is 0.338 e. The predicted molar refractivity (Wildman–Crippen MR) is 80.6 cm³/mol. The molecule has 0 bridgehead atoms. The number of rotatable bonds is 2. The van der Waals surface area contributed by atoms with E-state index in [1.165, 1.54) is 16.7 Å². The Labute approximate surface area is 118 Å². The van der Waals surface area contributed by atoms with Crippen LogP contribution in [0.2, 0.25) is 0 Å². The first-order chi connectivity index (χ1) is 9.78. The molecule has 2 aromatic rings. The highest BCUT2D eigenvalue weighted by atomic mass is 16.5. The van der Waals surface area contributed by atoms with E-state index in [9.17, 15) is 4.79 Å². The number of esters is 1. The minimum atomic E-state index is -0.259. The highest BCUT2D eigenvalue weighted by Crippen LogP contribution is 2.25. The van der Waals surface area contributed by atoms with Crippen molar-refractivity contribution in [1.29, 1.82) is 0 Å². The van der Waals surface area contributed by atoms with Crippen LogP contribution in [-0.4, -0.2) is 12.6 Å². The Bertz CT molecular complexity index is 684. The maximum Gasteiger partial charge on any atom is 0.338 e. The fourth-order valence-electron chi connectivity index (χ4n) is 2.49. The van der Waals surface area contributed by atoms with Gasteiger partial charge in [0.05, 0.1) is 12.2 Å². The standard InChI is InChI=1S/C18H16O2/c1-2-20-18(19)17-10-9-15-11-14-6-4-3-5-13(14)7-8-16(15)12-17/h3-10,12H,2,11H2,1H3.